The van der Waals surface area contributed by atoms with Crippen molar-refractivity contribution in [3.63, 3.8) is 0 Å². The van der Waals surface area contributed by atoms with Gasteiger partial charge in [-0.3, -0.25) is 0 Å². The molecule has 0 unspecified atom stereocenters. The van der Waals surface area contributed by atoms with Crippen LogP contribution in [-0.4, -0.2) is 31.9 Å². The van der Waals surface area contributed by atoms with Gasteiger partial charge in [0.05, 0.1) is 17.7 Å². The molecule has 0 bridgehead atoms. The lowest BCUT2D eigenvalue weighted by molar-refractivity contribution is 0.251. The molecule has 2 heterocycles. The monoisotopic (exact) mass is 314 g/mol. The van der Waals surface area contributed by atoms with Gasteiger partial charge in [-0.05, 0) is 24.3 Å². The molecule has 0 fully saturated rings. The molecule has 0 saturated carbocycles. The number of carbonyl (C=O) groups excluding carboxylic acids is 1. The SMILES string of the molecule is O=C(NCCn1ccnc1)Nc1cc(F)ccc1-n1cccn1. The third kappa shape index (κ3) is 3.73. The molecular formula is C15H15FN6O. The van der Waals surface area contributed by atoms with Crippen molar-refractivity contribution in [3.05, 3.63) is 61.2 Å². The van der Waals surface area contributed by atoms with Crippen molar-refractivity contribution in [1.82, 2.24) is 24.6 Å². The van der Waals surface area contributed by atoms with E-state index in [2.05, 4.69) is 20.7 Å². The van der Waals surface area contributed by atoms with Crippen LogP contribution in [0.1, 0.15) is 0 Å². The van der Waals surface area contributed by atoms with Crippen molar-refractivity contribution < 1.29 is 9.18 Å². The molecule has 2 N–H and O–H groups in total. The van der Waals surface area contributed by atoms with Gasteiger partial charge in [0.1, 0.15) is 5.82 Å². The number of urea groups is 1. The average Bonchev–Trinajstić information content (AvgIpc) is 3.20. The highest BCUT2D eigenvalue weighted by molar-refractivity contribution is 5.91. The van der Waals surface area contributed by atoms with Crippen LogP contribution >= 0.6 is 0 Å². The van der Waals surface area contributed by atoms with Crippen LogP contribution in [0.3, 0.4) is 0 Å². The summed E-state index contributed by atoms with van der Waals surface area (Å²) in [7, 11) is 0. The number of carbonyl (C=O) groups is 1. The highest BCUT2D eigenvalue weighted by Gasteiger charge is 2.09. The van der Waals surface area contributed by atoms with Gasteiger partial charge < -0.3 is 15.2 Å². The molecule has 2 aromatic heterocycles. The van der Waals surface area contributed by atoms with E-state index >= 15 is 0 Å². The molecule has 0 aliphatic carbocycles. The summed E-state index contributed by atoms with van der Waals surface area (Å²) >= 11 is 0. The van der Waals surface area contributed by atoms with Crippen LogP contribution in [0.2, 0.25) is 0 Å². The van der Waals surface area contributed by atoms with E-state index in [0.717, 1.165) is 0 Å². The smallest absolute Gasteiger partial charge is 0.319 e. The lowest BCUT2D eigenvalue weighted by Gasteiger charge is -2.12. The highest BCUT2D eigenvalue weighted by Crippen LogP contribution is 2.20. The number of amides is 2. The maximum absolute atomic E-state index is 13.5. The fraction of sp³-hybridized carbons (Fsp3) is 0.133. The van der Waals surface area contributed by atoms with E-state index < -0.39 is 11.8 Å². The van der Waals surface area contributed by atoms with Crippen LogP contribution in [0, 0.1) is 5.82 Å². The zero-order valence-electron chi connectivity index (χ0n) is 12.2. The van der Waals surface area contributed by atoms with E-state index in [1.807, 2.05) is 10.8 Å². The van der Waals surface area contributed by atoms with Gasteiger partial charge in [-0.2, -0.15) is 5.10 Å². The maximum atomic E-state index is 13.5. The third-order valence-electron chi connectivity index (χ3n) is 3.17. The van der Waals surface area contributed by atoms with E-state index in [0.29, 0.717) is 24.5 Å². The first-order chi connectivity index (χ1) is 11.2. The summed E-state index contributed by atoms with van der Waals surface area (Å²) in [5.41, 5.74) is 0.926. The number of benzene rings is 1. The van der Waals surface area contributed by atoms with E-state index in [1.54, 1.807) is 41.7 Å². The number of rotatable bonds is 5. The average molecular weight is 314 g/mol. The van der Waals surface area contributed by atoms with Crippen LogP contribution < -0.4 is 10.6 Å². The van der Waals surface area contributed by atoms with Crippen molar-refractivity contribution in [2.75, 3.05) is 11.9 Å². The first kappa shape index (κ1) is 14.8. The molecule has 0 radical (unpaired) electrons. The Hall–Kier alpha value is -3.16. The minimum absolute atomic E-state index is 0.342. The maximum Gasteiger partial charge on any atom is 0.319 e. The van der Waals surface area contributed by atoms with Crippen molar-refractivity contribution >= 4 is 11.7 Å². The summed E-state index contributed by atoms with van der Waals surface area (Å²) in [6.45, 7) is 1.02. The quantitative estimate of drug-likeness (QED) is 0.756. The molecule has 7 nitrogen and oxygen atoms in total. The molecule has 0 aliphatic heterocycles. The molecule has 23 heavy (non-hydrogen) atoms. The fourth-order valence-corrected chi connectivity index (χ4v) is 2.10. The Bertz CT molecular complexity index is 769. The number of anilines is 1. The van der Waals surface area contributed by atoms with Gasteiger partial charge in [-0.1, -0.05) is 0 Å². The van der Waals surface area contributed by atoms with Gasteiger partial charge in [0.15, 0.2) is 0 Å². The Morgan fingerprint density at radius 1 is 1.26 bits per heavy atom. The largest absolute Gasteiger partial charge is 0.336 e. The minimum Gasteiger partial charge on any atom is -0.336 e. The predicted molar refractivity (Wildman–Crippen MR) is 82.8 cm³/mol. The topological polar surface area (TPSA) is 76.8 Å². The van der Waals surface area contributed by atoms with Crippen molar-refractivity contribution in [3.8, 4) is 5.69 Å². The predicted octanol–water partition coefficient (Wildman–Crippen LogP) is 2.03. The summed E-state index contributed by atoms with van der Waals surface area (Å²) in [4.78, 5) is 15.9. The number of aromatic nitrogens is 4. The second kappa shape index (κ2) is 6.73. The van der Waals surface area contributed by atoms with Gasteiger partial charge in [0, 0.05) is 37.9 Å². The summed E-state index contributed by atoms with van der Waals surface area (Å²) in [6, 6.07) is 5.47. The lowest BCUT2D eigenvalue weighted by atomic mass is 10.2. The molecule has 0 spiro atoms. The lowest BCUT2D eigenvalue weighted by Crippen LogP contribution is -2.31. The molecule has 2 amide bonds. The normalized spacial score (nSPS) is 10.5. The van der Waals surface area contributed by atoms with Crippen LogP contribution in [0.15, 0.2) is 55.4 Å². The van der Waals surface area contributed by atoms with Gasteiger partial charge in [-0.15, -0.1) is 0 Å². The van der Waals surface area contributed by atoms with E-state index in [1.165, 1.54) is 12.1 Å². The van der Waals surface area contributed by atoms with Gasteiger partial charge in [0.2, 0.25) is 0 Å². The molecule has 0 saturated heterocycles. The van der Waals surface area contributed by atoms with E-state index in [9.17, 15) is 9.18 Å². The fourth-order valence-electron chi connectivity index (χ4n) is 2.10. The minimum atomic E-state index is -0.436. The number of hydrogen-bond donors (Lipinski definition) is 2. The molecule has 0 atom stereocenters. The van der Waals surface area contributed by atoms with Crippen LogP contribution in [0.4, 0.5) is 14.9 Å². The molecule has 3 rings (SSSR count). The van der Waals surface area contributed by atoms with Crippen molar-refractivity contribution in [2.45, 2.75) is 6.54 Å². The van der Waals surface area contributed by atoms with Crippen molar-refractivity contribution in [1.29, 1.82) is 0 Å². The summed E-state index contributed by atoms with van der Waals surface area (Å²) in [6.07, 6.45) is 8.47. The number of nitrogens with zero attached hydrogens (tertiary/aromatic N) is 4. The van der Waals surface area contributed by atoms with Crippen molar-refractivity contribution in [2.24, 2.45) is 0 Å². The Balaban J connectivity index is 1.64. The van der Waals surface area contributed by atoms with Crippen LogP contribution in [0.5, 0.6) is 0 Å². The van der Waals surface area contributed by atoms with Crippen LogP contribution in [0.25, 0.3) is 5.69 Å². The highest BCUT2D eigenvalue weighted by atomic mass is 19.1. The first-order valence-corrected chi connectivity index (χ1v) is 7.02. The number of nitrogens with one attached hydrogen (secondary N) is 2. The van der Waals surface area contributed by atoms with Gasteiger partial charge in [0.25, 0.3) is 0 Å². The molecule has 1 aromatic carbocycles. The summed E-state index contributed by atoms with van der Waals surface area (Å²) < 4.78 is 16.9. The standard InChI is InChI=1S/C15H15FN6O/c16-12-2-3-14(22-7-1-4-19-22)13(10-12)20-15(23)18-6-9-21-8-5-17-11-21/h1-5,7-8,10-11H,6,9H2,(H2,18,20,23). The summed E-state index contributed by atoms with van der Waals surface area (Å²) in [5.74, 6) is -0.436. The number of imidazole rings is 1. The first-order valence-electron chi connectivity index (χ1n) is 7.02. The Morgan fingerprint density at radius 2 is 2.17 bits per heavy atom. The number of halogens is 1. The Labute approximate surface area is 131 Å². The van der Waals surface area contributed by atoms with Gasteiger partial charge in [-0.25, -0.2) is 18.9 Å². The molecule has 0 aliphatic rings. The zero-order chi connectivity index (χ0) is 16.1. The van der Waals surface area contributed by atoms with Gasteiger partial charge >= 0.3 is 6.03 Å². The molecule has 118 valence electrons. The molecule has 8 heteroatoms. The van der Waals surface area contributed by atoms with Crippen LogP contribution in [-0.2, 0) is 6.54 Å². The second-order valence-electron chi connectivity index (χ2n) is 4.79. The zero-order valence-corrected chi connectivity index (χ0v) is 12.2. The third-order valence-corrected chi connectivity index (χ3v) is 3.17. The second-order valence-corrected chi connectivity index (χ2v) is 4.79. The van der Waals surface area contributed by atoms with E-state index in [-0.39, 0.29) is 0 Å². The number of hydrogen-bond acceptors (Lipinski definition) is 3. The molecular weight excluding hydrogens is 299 g/mol. The molecule has 3 aromatic rings. The Morgan fingerprint density at radius 3 is 2.91 bits per heavy atom. The summed E-state index contributed by atoms with van der Waals surface area (Å²) in [5, 5.41) is 9.45. The Kier molecular flexibility index (Phi) is 4.32. The van der Waals surface area contributed by atoms with E-state index in [4.69, 9.17) is 0 Å².